The summed E-state index contributed by atoms with van der Waals surface area (Å²) in [5.41, 5.74) is 0. The van der Waals surface area contributed by atoms with E-state index in [0.29, 0.717) is 11.8 Å². The van der Waals surface area contributed by atoms with Gasteiger partial charge in [0.15, 0.2) is 0 Å². The van der Waals surface area contributed by atoms with Crippen LogP contribution in [-0.2, 0) is 4.74 Å². The molecule has 0 radical (unpaired) electrons. The summed E-state index contributed by atoms with van der Waals surface area (Å²) < 4.78 is 7.27. The van der Waals surface area contributed by atoms with Gasteiger partial charge >= 0.3 is 0 Å². The second-order valence-corrected chi connectivity index (χ2v) is 7.94. The summed E-state index contributed by atoms with van der Waals surface area (Å²) in [5.74, 6) is 1.32. The van der Waals surface area contributed by atoms with E-state index in [9.17, 15) is 0 Å². The molecule has 1 N–H and O–H groups in total. The van der Waals surface area contributed by atoms with Gasteiger partial charge in [-0.1, -0.05) is 13.8 Å². The Bertz CT molecular complexity index is 385. The molecule has 2 heterocycles. The zero-order chi connectivity index (χ0) is 13.8. The van der Waals surface area contributed by atoms with Gasteiger partial charge in [0.2, 0.25) is 0 Å². The smallest absolute Gasteiger partial charge is 0.0957 e. The largest absolute Gasteiger partial charge is 0.372 e. The van der Waals surface area contributed by atoms with Crippen LogP contribution in [-0.4, -0.2) is 19.7 Å². The van der Waals surface area contributed by atoms with Crippen LogP contribution in [0.1, 0.15) is 42.5 Å². The summed E-state index contributed by atoms with van der Waals surface area (Å²) in [6.45, 7) is 9.73. The van der Waals surface area contributed by atoms with Crippen molar-refractivity contribution in [2.24, 2.45) is 11.8 Å². The van der Waals surface area contributed by atoms with Crippen LogP contribution in [0.3, 0.4) is 0 Å². The van der Waals surface area contributed by atoms with Crippen molar-refractivity contribution >= 4 is 27.3 Å². The topological polar surface area (TPSA) is 21.3 Å². The van der Waals surface area contributed by atoms with E-state index in [1.165, 1.54) is 27.1 Å². The summed E-state index contributed by atoms with van der Waals surface area (Å²) in [7, 11) is 0. The molecular formula is C15H24BrNOS. The quantitative estimate of drug-likeness (QED) is 0.846. The predicted octanol–water partition coefficient (Wildman–Crippen LogP) is 4.53. The van der Waals surface area contributed by atoms with E-state index in [1.54, 1.807) is 0 Å². The van der Waals surface area contributed by atoms with Gasteiger partial charge in [-0.05, 0) is 54.2 Å². The number of aryl methyl sites for hydroxylation is 1. The van der Waals surface area contributed by atoms with E-state index in [0.717, 1.165) is 19.7 Å². The molecule has 1 aliphatic heterocycles. The van der Waals surface area contributed by atoms with Crippen molar-refractivity contribution < 1.29 is 4.74 Å². The van der Waals surface area contributed by atoms with Gasteiger partial charge < -0.3 is 10.1 Å². The Balaban J connectivity index is 1.99. The average molecular weight is 346 g/mol. The molecule has 0 bridgehead atoms. The van der Waals surface area contributed by atoms with Crippen LogP contribution in [0.15, 0.2) is 10.5 Å². The van der Waals surface area contributed by atoms with Gasteiger partial charge in [-0.15, -0.1) is 11.3 Å². The number of hydrogen-bond donors (Lipinski definition) is 1. The second kappa shape index (κ2) is 7.21. The van der Waals surface area contributed by atoms with Gasteiger partial charge in [0.1, 0.15) is 0 Å². The Morgan fingerprint density at radius 1 is 1.53 bits per heavy atom. The van der Waals surface area contributed by atoms with E-state index in [4.69, 9.17) is 4.74 Å². The van der Waals surface area contributed by atoms with Crippen molar-refractivity contribution in [2.45, 2.75) is 39.7 Å². The highest BCUT2D eigenvalue weighted by Gasteiger charge is 2.28. The maximum atomic E-state index is 6.05. The molecule has 1 aromatic rings. The van der Waals surface area contributed by atoms with Crippen molar-refractivity contribution in [3.05, 3.63) is 20.3 Å². The van der Waals surface area contributed by atoms with Crippen molar-refractivity contribution in [2.75, 3.05) is 19.7 Å². The lowest BCUT2D eigenvalue weighted by Gasteiger charge is -2.31. The fraction of sp³-hybridized carbons (Fsp3) is 0.733. The molecule has 0 aliphatic carbocycles. The molecular weight excluding hydrogens is 322 g/mol. The molecule has 1 fully saturated rings. The zero-order valence-electron chi connectivity index (χ0n) is 12.0. The summed E-state index contributed by atoms with van der Waals surface area (Å²) >= 11 is 5.48. The molecule has 0 amide bonds. The van der Waals surface area contributed by atoms with Crippen molar-refractivity contribution in [3.8, 4) is 0 Å². The lowest BCUT2D eigenvalue weighted by Crippen LogP contribution is -2.33. The third kappa shape index (κ3) is 4.28. The molecule has 2 nitrogen and oxygen atoms in total. The molecule has 2 unspecified atom stereocenters. The predicted molar refractivity (Wildman–Crippen MR) is 85.9 cm³/mol. The first kappa shape index (κ1) is 15.5. The third-order valence-corrected chi connectivity index (χ3v) is 5.76. The van der Waals surface area contributed by atoms with Crippen molar-refractivity contribution in [3.63, 3.8) is 0 Å². The summed E-state index contributed by atoms with van der Waals surface area (Å²) in [6.07, 6.45) is 2.74. The number of hydrogen-bond acceptors (Lipinski definition) is 3. The van der Waals surface area contributed by atoms with Crippen LogP contribution in [0.2, 0.25) is 0 Å². The second-order valence-electron chi connectivity index (χ2n) is 5.80. The number of thiophene rings is 1. The SMILES string of the molecule is Cc1sc(C2OCCCC2CNCC(C)C)cc1Br. The highest BCUT2D eigenvalue weighted by atomic mass is 79.9. The molecule has 108 valence electrons. The Morgan fingerprint density at radius 2 is 2.32 bits per heavy atom. The highest BCUT2D eigenvalue weighted by molar-refractivity contribution is 9.10. The third-order valence-electron chi connectivity index (χ3n) is 3.56. The van der Waals surface area contributed by atoms with Gasteiger partial charge in [0.25, 0.3) is 0 Å². The Labute approximate surface area is 129 Å². The van der Waals surface area contributed by atoms with Gasteiger partial charge in [-0.3, -0.25) is 0 Å². The summed E-state index contributed by atoms with van der Waals surface area (Å²) in [5, 5.41) is 3.59. The molecule has 19 heavy (non-hydrogen) atoms. The minimum atomic E-state index is 0.281. The van der Waals surface area contributed by atoms with Gasteiger partial charge in [0, 0.05) is 33.3 Å². The van der Waals surface area contributed by atoms with Crippen LogP contribution in [0.25, 0.3) is 0 Å². The minimum absolute atomic E-state index is 0.281. The molecule has 0 saturated carbocycles. The molecule has 0 aromatic carbocycles. The molecule has 0 spiro atoms. The fourth-order valence-corrected chi connectivity index (χ4v) is 4.25. The molecule has 1 aromatic heterocycles. The monoisotopic (exact) mass is 345 g/mol. The number of ether oxygens (including phenoxy) is 1. The number of halogens is 1. The first-order valence-corrected chi connectivity index (χ1v) is 8.77. The van der Waals surface area contributed by atoms with Crippen LogP contribution in [0.5, 0.6) is 0 Å². The van der Waals surface area contributed by atoms with Gasteiger partial charge in [0.05, 0.1) is 6.10 Å². The van der Waals surface area contributed by atoms with Gasteiger partial charge in [-0.25, -0.2) is 0 Å². The number of nitrogens with one attached hydrogen (secondary N) is 1. The average Bonchev–Trinajstić information content (AvgIpc) is 2.70. The first-order chi connectivity index (χ1) is 9.08. The van der Waals surface area contributed by atoms with E-state index in [1.807, 2.05) is 11.3 Å². The van der Waals surface area contributed by atoms with Gasteiger partial charge in [-0.2, -0.15) is 0 Å². The van der Waals surface area contributed by atoms with E-state index in [-0.39, 0.29) is 6.10 Å². The molecule has 2 atom stereocenters. The lowest BCUT2D eigenvalue weighted by molar-refractivity contribution is -0.0257. The highest BCUT2D eigenvalue weighted by Crippen LogP contribution is 2.39. The summed E-state index contributed by atoms with van der Waals surface area (Å²) in [6, 6.07) is 2.24. The Morgan fingerprint density at radius 3 is 2.95 bits per heavy atom. The summed E-state index contributed by atoms with van der Waals surface area (Å²) in [4.78, 5) is 2.72. The molecule has 1 saturated heterocycles. The fourth-order valence-electron chi connectivity index (χ4n) is 2.55. The molecule has 1 aliphatic rings. The standard InChI is InChI=1S/C15H24BrNOS/c1-10(2)8-17-9-12-5-4-6-18-15(12)14-7-13(16)11(3)19-14/h7,10,12,15,17H,4-6,8-9H2,1-3H3. The molecule has 2 rings (SSSR count). The Hall–Kier alpha value is 0.100. The van der Waals surface area contributed by atoms with Crippen LogP contribution in [0.4, 0.5) is 0 Å². The zero-order valence-corrected chi connectivity index (χ0v) is 14.4. The van der Waals surface area contributed by atoms with Crippen molar-refractivity contribution in [1.82, 2.24) is 5.32 Å². The molecule has 4 heteroatoms. The number of rotatable bonds is 5. The minimum Gasteiger partial charge on any atom is -0.372 e. The first-order valence-electron chi connectivity index (χ1n) is 7.16. The maximum absolute atomic E-state index is 6.05. The normalized spacial score (nSPS) is 24.1. The van der Waals surface area contributed by atoms with Crippen LogP contribution in [0, 0.1) is 18.8 Å². The van der Waals surface area contributed by atoms with E-state index < -0.39 is 0 Å². The van der Waals surface area contributed by atoms with E-state index >= 15 is 0 Å². The van der Waals surface area contributed by atoms with Crippen LogP contribution >= 0.6 is 27.3 Å². The van der Waals surface area contributed by atoms with Crippen molar-refractivity contribution in [1.29, 1.82) is 0 Å². The lowest BCUT2D eigenvalue weighted by atomic mass is 9.93. The van der Waals surface area contributed by atoms with Crippen LogP contribution < -0.4 is 5.32 Å². The van der Waals surface area contributed by atoms with E-state index in [2.05, 4.69) is 48.1 Å². The Kier molecular flexibility index (Phi) is 5.87. The maximum Gasteiger partial charge on any atom is 0.0957 e.